The molecule has 0 saturated heterocycles. The van der Waals surface area contributed by atoms with Gasteiger partial charge in [-0.2, -0.15) is 5.10 Å². The largest absolute Gasteiger partial charge is 0.384 e. The molecule has 0 aliphatic heterocycles. The molecule has 6 nitrogen and oxygen atoms in total. The molecule has 2 heterocycles. The van der Waals surface area contributed by atoms with Gasteiger partial charge in [-0.25, -0.2) is 9.50 Å². The summed E-state index contributed by atoms with van der Waals surface area (Å²) in [7, 11) is 0. The van der Waals surface area contributed by atoms with Gasteiger partial charge in [0.1, 0.15) is 11.4 Å². The van der Waals surface area contributed by atoms with E-state index in [2.05, 4.69) is 10.1 Å². The van der Waals surface area contributed by atoms with Gasteiger partial charge in [0.15, 0.2) is 5.65 Å². The first-order valence-corrected chi connectivity index (χ1v) is 3.58. The maximum absolute atomic E-state index is 10.9. The lowest BCUT2D eigenvalue weighted by molar-refractivity contribution is 0.100. The number of anilines is 1. The summed E-state index contributed by atoms with van der Waals surface area (Å²) in [6, 6.07) is 1.59. The standard InChI is InChI=1S/C7H7N5O/c8-5-1-2-12-7(11-5)4(3-10-12)6(9)13/h1-3H,(H2,8,11)(H2,9,13). The second-order valence-corrected chi connectivity index (χ2v) is 2.54. The smallest absolute Gasteiger partial charge is 0.254 e. The van der Waals surface area contributed by atoms with Crippen LogP contribution in [0.5, 0.6) is 0 Å². The van der Waals surface area contributed by atoms with Crippen molar-refractivity contribution in [2.45, 2.75) is 0 Å². The Morgan fingerprint density at radius 2 is 2.31 bits per heavy atom. The number of nitrogens with zero attached hydrogens (tertiary/aromatic N) is 3. The van der Waals surface area contributed by atoms with Crippen LogP contribution in [-0.2, 0) is 0 Å². The van der Waals surface area contributed by atoms with Gasteiger partial charge in [0.05, 0.1) is 6.20 Å². The molecule has 0 unspecified atom stereocenters. The summed E-state index contributed by atoms with van der Waals surface area (Å²) in [6.07, 6.45) is 2.98. The molecule has 2 aromatic heterocycles. The zero-order valence-electron chi connectivity index (χ0n) is 6.64. The van der Waals surface area contributed by atoms with E-state index in [0.717, 1.165) is 0 Å². The highest BCUT2D eigenvalue weighted by Crippen LogP contribution is 2.08. The van der Waals surface area contributed by atoms with Crippen molar-refractivity contribution >= 4 is 17.4 Å². The molecule has 0 saturated carbocycles. The van der Waals surface area contributed by atoms with Crippen LogP contribution in [0.1, 0.15) is 10.4 Å². The van der Waals surface area contributed by atoms with Gasteiger partial charge in [-0.15, -0.1) is 0 Å². The van der Waals surface area contributed by atoms with E-state index in [-0.39, 0.29) is 5.56 Å². The Hall–Kier alpha value is -2.11. The van der Waals surface area contributed by atoms with Crippen LogP contribution >= 0.6 is 0 Å². The van der Waals surface area contributed by atoms with Crippen molar-refractivity contribution in [1.29, 1.82) is 0 Å². The van der Waals surface area contributed by atoms with Crippen LogP contribution in [0.2, 0.25) is 0 Å². The molecule has 1 amide bonds. The van der Waals surface area contributed by atoms with Gasteiger partial charge >= 0.3 is 0 Å². The molecule has 0 radical (unpaired) electrons. The molecule has 0 bridgehead atoms. The molecule has 6 heteroatoms. The normalized spacial score (nSPS) is 10.5. The van der Waals surface area contributed by atoms with E-state index >= 15 is 0 Å². The monoisotopic (exact) mass is 177 g/mol. The van der Waals surface area contributed by atoms with Crippen LogP contribution in [0.3, 0.4) is 0 Å². The van der Waals surface area contributed by atoms with Crippen molar-refractivity contribution < 1.29 is 4.79 Å². The van der Waals surface area contributed by atoms with E-state index in [4.69, 9.17) is 11.5 Å². The second-order valence-electron chi connectivity index (χ2n) is 2.54. The van der Waals surface area contributed by atoms with E-state index in [1.807, 2.05) is 0 Å². The summed E-state index contributed by atoms with van der Waals surface area (Å²) in [5.74, 6) is -0.233. The van der Waals surface area contributed by atoms with E-state index in [1.165, 1.54) is 10.7 Å². The molecular formula is C7H7N5O. The molecule has 0 aromatic carbocycles. The number of hydrogen-bond donors (Lipinski definition) is 2. The van der Waals surface area contributed by atoms with Crippen molar-refractivity contribution in [3.63, 3.8) is 0 Å². The zero-order chi connectivity index (χ0) is 9.42. The van der Waals surface area contributed by atoms with Gasteiger partial charge in [0.25, 0.3) is 5.91 Å². The molecule has 0 spiro atoms. The highest BCUT2D eigenvalue weighted by molar-refractivity contribution is 5.98. The Bertz CT molecular complexity index is 475. The zero-order valence-corrected chi connectivity index (χ0v) is 6.64. The lowest BCUT2D eigenvalue weighted by Crippen LogP contribution is -2.11. The lowest BCUT2D eigenvalue weighted by Gasteiger charge is -1.94. The minimum atomic E-state index is -0.562. The summed E-state index contributed by atoms with van der Waals surface area (Å²) < 4.78 is 1.44. The summed E-state index contributed by atoms with van der Waals surface area (Å²) in [4.78, 5) is 14.8. The van der Waals surface area contributed by atoms with E-state index in [0.29, 0.717) is 11.5 Å². The molecule has 0 aliphatic rings. The maximum atomic E-state index is 10.9. The number of aromatic nitrogens is 3. The predicted molar refractivity (Wildman–Crippen MR) is 45.9 cm³/mol. The minimum absolute atomic E-state index is 0.271. The molecule has 2 aromatic rings. The van der Waals surface area contributed by atoms with Crippen molar-refractivity contribution in [3.05, 3.63) is 24.0 Å². The topological polar surface area (TPSA) is 99.3 Å². The Balaban J connectivity index is 2.79. The number of rotatable bonds is 1. The molecule has 13 heavy (non-hydrogen) atoms. The second kappa shape index (κ2) is 2.44. The Morgan fingerprint density at radius 1 is 1.54 bits per heavy atom. The fourth-order valence-electron chi connectivity index (χ4n) is 1.06. The van der Waals surface area contributed by atoms with Crippen LogP contribution < -0.4 is 11.5 Å². The van der Waals surface area contributed by atoms with Crippen molar-refractivity contribution in [3.8, 4) is 0 Å². The third kappa shape index (κ3) is 1.08. The van der Waals surface area contributed by atoms with Crippen LogP contribution in [0.4, 0.5) is 5.82 Å². The average molecular weight is 177 g/mol. The Labute approximate surface area is 73.2 Å². The molecule has 0 aliphatic carbocycles. The third-order valence-electron chi connectivity index (χ3n) is 1.66. The number of fused-ring (bicyclic) bond motifs is 1. The van der Waals surface area contributed by atoms with Crippen molar-refractivity contribution in [2.24, 2.45) is 5.73 Å². The average Bonchev–Trinajstić information content (AvgIpc) is 2.46. The molecule has 2 rings (SSSR count). The molecule has 0 atom stereocenters. The van der Waals surface area contributed by atoms with E-state index in [9.17, 15) is 4.79 Å². The number of carbonyl (C=O) groups is 1. The first-order valence-electron chi connectivity index (χ1n) is 3.58. The van der Waals surface area contributed by atoms with E-state index < -0.39 is 5.91 Å². The van der Waals surface area contributed by atoms with Crippen LogP contribution in [0, 0.1) is 0 Å². The number of carbonyl (C=O) groups excluding carboxylic acids is 1. The number of nitrogens with two attached hydrogens (primary N) is 2. The first-order chi connectivity index (χ1) is 6.18. The van der Waals surface area contributed by atoms with Crippen LogP contribution in [-0.4, -0.2) is 20.5 Å². The molecule has 4 N–H and O–H groups in total. The molecule has 0 fully saturated rings. The maximum Gasteiger partial charge on any atom is 0.254 e. The van der Waals surface area contributed by atoms with E-state index in [1.54, 1.807) is 12.3 Å². The SMILES string of the molecule is NC(=O)c1cnn2ccc(N)nc12. The number of nitrogen functional groups attached to an aromatic ring is 1. The summed E-state index contributed by atoms with van der Waals surface area (Å²) in [5.41, 5.74) is 11.2. The van der Waals surface area contributed by atoms with Crippen LogP contribution in [0.25, 0.3) is 5.65 Å². The minimum Gasteiger partial charge on any atom is -0.384 e. The fraction of sp³-hybridized carbons (Fsp3) is 0. The molecular weight excluding hydrogens is 170 g/mol. The van der Waals surface area contributed by atoms with Crippen LogP contribution in [0.15, 0.2) is 18.5 Å². The first kappa shape index (κ1) is 7.53. The Morgan fingerprint density at radius 3 is 3.00 bits per heavy atom. The highest BCUT2D eigenvalue weighted by atomic mass is 16.1. The fourth-order valence-corrected chi connectivity index (χ4v) is 1.06. The van der Waals surface area contributed by atoms with Gasteiger partial charge in [-0.1, -0.05) is 0 Å². The van der Waals surface area contributed by atoms with Gasteiger partial charge in [0.2, 0.25) is 0 Å². The van der Waals surface area contributed by atoms with Gasteiger partial charge in [-0.3, -0.25) is 4.79 Å². The number of hydrogen-bond acceptors (Lipinski definition) is 4. The quantitative estimate of drug-likeness (QED) is 0.608. The van der Waals surface area contributed by atoms with Gasteiger partial charge < -0.3 is 11.5 Å². The summed E-state index contributed by atoms with van der Waals surface area (Å²) >= 11 is 0. The third-order valence-corrected chi connectivity index (χ3v) is 1.66. The predicted octanol–water partition coefficient (Wildman–Crippen LogP) is -0.590. The molecule has 66 valence electrons. The Kier molecular flexibility index (Phi) is 1.42. The van der Waals surface area contributed by atoms with Gasteiger partial charge in [0, 0.05) is 6.20 Å². The van der Waals surface area contributed by atoms with Gasteiger partial charge in [-0.05, 0) is 6.07 Å². The lowest BCUT2D eigenvalue weighted by atomic mass is 10.3. The van der Waals surface area contributed by atoms with Crippen molar-refractivity contribution in [2.75, 3.05) is 5.73 Å². The summed E-state index contributed by atoms with van der Waals surface area (Å²) in [6.45, 7) is 0. The van der Waals surface area contributed by atoms with Crippen molar-refractivity contribution in [1.82, 2.24) is 14.6 Å². The number of amides is 1. The summed E-state index contributed by atoms with van der Waals surface area (Å²) in [5, 5.41) is 3.88. The number of primary amides is 1. The highest BCUT2D eigenvalue weighted by Gasteiger charge is 2.09.